The molecular formula is C21H31N3O3. The zero-order valence-corrected chi connectivity index (χ0v) is 16.8. The van der Waals surface area contributed by atoms with E-state index in [2.05, 4.69) is 24.5 Å². The van der Waals surface area contributed by atoms with Gasteiger partial charge in [0.05, 0.1) is 12.7 Å². The van der Waals surface area contributed by atoms with Gasteiger partial charge in [0.1, 0.15) is 0 Å². The Kier molecular flexibility index (Phi) is 6.19. The van der Waals surface area contributed by atoms with Crippen LogP contribution in [0, 0.1) is 19.8 Å². The number of benzene rings is 1. The first-order chi connectivity index (χ1) is 13.0. The van der Waals surface area contributed by atoms with Gasteiger partial charge in [0.15, 0.2) is 0 Å². The lowest BCUT2D eigenvalue weighted by Gasteiger charge is -2.17. The molecule has 6 nitrogen and oxygen atoms in total. The summed E-state index contributed by atoms with van der Waals surface area (Å²) in [6, 6.07) is 6.00. The summed E-state index contributed by atoms with van der Waals surface area (Å²) in [5, 5.41) is 1.13. The fourth-order valence-corrected chi connectivity index (χ4v) is 4.07. The highest BCUT2D eigenvalue weighted by atomic mass is 16.5. The van der Waals surface area contributed by atoms with Crippen molar-refractivity contribution in [2.45, 2.75) is 33.4 Å². The van der Waals surface area contributed by atoms with E-state index in [1.54, 1.807) is 7.11 Å². The molecule has 6 heteroatoms. The number of nitrogens with zero attached hydrogens (tertiary/aromatic N) is 2. The van der Waals surface area contributed by atoms with Crippen molar-refractivity contribution < 1.29 is 14.3 Å². The van der Waals surface area contributed by atoms with Gasteiger partial charge in [-0.25, -0.2) is 0 Å². The minimum atomic E-state index is 0.0341. The molecule has 0 saturated carbocycles. The van der Waals surface area contributed by atoms with Gasteiger partial charge in [-0.3, -0.25) is 4.79 Å². The molecule has 0 radical (unpaired) electrons. The zero-order chi connectivity index (χ0) is 19.6. The maximum Gasteiger partial charge on any atom is 0.253 e. The molecule has 27 heavy (non-hydrogen) atoms. The highest BCUT2D eigenvalue weighted by molar-refractivity contribution is 5.99. The molecule has 1 aromatic heterocycles. The number of fused-ring (bicyclic) bond motifs is 1. The number of nitrogens with two attached hydrogens (primary N) is 1. The number of amides is 1. The predicted octanol–water partition coefficient (Wildman–Crippen LogP) is 2.34. The van der Waals surface area contributed by atoms with Crippen LogP contribution in [0.25, 0.3) is 10.9 Å². The van der Waals surface area contributed by atoms with Gasteiger partial charge in [-0.15, -0.1) is 0 Å². The Morgan fingerprint density at radius 2 is 2.07 bits per heavy atom. The van der Waals surface area contributed by atoms with Crippen LogP contribution >= 0.6 is 0 Å². The first-order valence-electron chi connectivity index (χ1n) is 9.71. The molecule has 0 aliphatic carbocycles. The van der Waals surface area contributed by atoms with Crippen molar-refractivity contribution in [3.05, 3.63) is 35.0 Å². The quantitative estimate of drug-likeness (QED) is 0.809. The SMILES string of the molecule is CCO[C@@H]1CN(C(=O)c2ccc3c(c2)c(C)c(C)n3CCOC)C[C@H]1CN. The van der Waals surface area contributed by atoms with E-state index in [1.165, 1.54) is 11.3 Å². The molecule has 1 aliphatic rings. The lowest BCUT2D eigenvalue weighted by molar-refractivity contribution is 0.0432. The van der Waals surface area contributed by atoms with Crippen molar-refractivity contribution in [2.75, 3.05) is 40.0 Å². The third-order valence-electron chi connectivity index (χ3n) is 5.76. The minimum Gasteiger partial charge on any atom is -0.383 e. The number of aryl methyl sites for hydroxylation is 1. The summed E-state index contributed by atoms with van der Waals surface area (Å²) < 4.78 is 13.3. The maximum atomic E-state index is 13.1. The van der Waals surface area contributed by atoms with Gasteiger partial charge < -0.3 is 24.7 Å². The summed E-state index contributed by atoms with van der Waals surface area (Å²) in [6.07, 6.45) is 0.0341. The van der Waals surface area contributed by atoms with Crippen LogP contribution in [0.2, 0.25) is 0 Å². The van der Waals surface area contributed by atoms with Crippen molar-refractivity contribution in [2.24, 2.45) is 11.7 Å². The molecule has 148 valence electrons. The van der Waals surface area contributed by atoms with E-state index in [-0.39, 0.29) is 17.9 Å². The fourth-order valence-electron chi connectivity index (χ4n) is 4.07. The number of methoxy groups -OCH3 is 1. The lowest BCUT2D eigenvalue weighted by Crippen LogP contribution is -2.30. The Balaban J connectivity index is 1.87. The van der Waals surface area contributed by atoms with Crippen molar-refractivity contribution >= 4 is 16.8 Å². The number of carbonyl (C=O) groups is 1. The molecule has 1 aromatic carbocycles. The number of ether oxygens (including phenoxy) is 2. The van der Waals surface area contributed by atoms with Crippen LogP contribution < -0.4 is 5.73 Å². The molecule has 1 saturated heterocycles. The second-order valence-corrected chi connectivity index (χ2v) is 7.29. The van der Waals surface area contributed by atoms with Crippen molar-refractivity contribution in [1.82, 2.24) is 9.47 Å². The number of carbonyl (C=O) groups excluding carboxylic acids is 1. The summed E-state index contributed by atoms with van der Waals surface area (Å²) in [5.41, 5.74) is 10.2. The van der Waals surface area contributed by atoms with E-state index < -0.39 is 0 Å². The molecule has 2 heterocycles. The highest BCUT2D eigenvalue weighted by Gasteiger charge is 2.35. The standard InChI is InChI=1S/C21H31N3O3/c1-5-27-20-13-23(12-17(20)11-22)21(25)16-6-7-19-18(10-16)14(2)15(3)24(19)8-9-26-4/h6-7,10,17,20H,5,8-9,11-13,22H2,1-4H3/t17-,20-/m1/s1. The molecule has 3 rings (SSSR count). The van der Waals surface area contributed by atoms with Crippen LogP contribution in [0.5, 0.6) is 0 Å². The molecule has 2 aromatic rings. The van der Waals surface area contributed by atoms with Crippen molar-refractivity contribution in [1.29, 1.82) is 0 Å². The molecule has 2 N–H and O–H groups in total. The largest absolute Gasteiger partial charge is 0.383 e. The Morgan fingerprint density at radius 1 is 1.30 bits per heavy atom. The zero-order valence-electron chi connectivity index (χ0n) is 16.8. The maximum absolute atomic E-state index is 13.1. The summed E-state index contributed by atoms with van der Waals surface area (Å²) >= 11 is 0. The minimum absolute atomic E-state index is 0.0341. The molecular weight excluding hydrogens is 342 g/mol. The predicted molar refractivity (Wildman–Crippen MR) is 107 cm³/mol. The van der Waals surface area contributed by atoms with Crippen LogP contribution in [0.4, 0.5) is 0 Å². The molecule has 1 fully saturated rings. The van der Waals surface area contributed by atoms with E-state index >= 15 is 0 Å². The fraction of sp³-hybridized carbons (Fsp3) is 0.571. The smallest absolute Gasteiger partial charge is 0.253 e. The molecule has 0 spiro atoms. The van der Waals surface area contributed by atoms with Gasteiger partial charge in [0, 0.05) is 61.4 Å². The van der Waals surface area contributed by atoms with Crippen LogP contribution in [-0.2, 0) is 16.0 Å². The van der Waals surface area contributed by atoms with E-state index in [0.717, 1.165) is 23.0 Å². The Bertz CT molecular complexity index is 815. The van der Waals surface area contributed by atoms with E-state index in [0.29, 0.717) is 32.8 Å². The third kappa shape index (κ3) is 3.74. The van der Waals surface area contributed by atoms with Gasteiger partial charge in [-0.05, 0) is 51.1 Å². The Labute approximate surface area is 161 Å². The van der Waals surface area contributed by atoms with Gasteiger partial charge in [0.2, 0.25) is 0 Å². The number of hydrogen-bond donors (Lipinski definition) is 1. The van der Waals surface area contributed by atoms with Crippen LogP contribution in [0.1, 0.15) is 28.5 Å². The Hall–Kier alpha value is -1.89. The monoisotopic (exact) mass is 373 g/mol. The van der Waals surface area contributed by atoms with Crippen molar-refractivity contribution in [3.63, 3.8) is 0 Å². The lowest BCUT2D eigenvalue weighted by atomic mass is 10.1. The summed E-state index contributed by atoms with van der Waals surface area (Å²) in [5.74, 6) is 0.260. The van der Waals surface area contributed by atoms with Gasteiger partial charge in [-0.2, -0.15) is 0 Å². The first kappa shape index (κ1) is 19.9. The van der Waals surface area contributed by atoms with Crippen LogP contribution in [0.3, 0.4) is 0 Å². The molecule has 0 bridgehead atoms. The Morgan fingerprint density at radius 3 is 2.74 bits per heavy atom. The number of likely N-dealkylation sites (tertiary alicyclic amines) is 1. The first-order valence-corrected chi connectivity index (χ1v) is 9.71. The molecule has 1 amide bonds. The van der Waals surface area contributed by atoms with Crippen LogP contribution in [-0.4, -0.2) is 61.4 Å². The topological polar surface area (TPSA) is 69.7 Å². The summed E-state index contributed by atoms with van der Waals surface area (Å²) in [4.78, 5) is 15.0. The average molecular weight is 373 g/mol. The van der Waals surface area contributed by atoms with Gasteiger partial charge in [-0.1, -0.05) is 0 Å². The highest BCUT2D eigenvalue weighted by Crippen LogP contribution is 2.28. The molecule has 1 aliphatic heterocycles. The molecule has 0 unspecified atom stereocenters. The third-order valence-corrected chi connectivity index (χ3v) is 5.76. The van der Waals surface area contributed by atoms with Gasteiger partial charge >= 0.3 is 0 Å². The van der Waals surface area contributed by atoms with Gasteiger partial charge in [0.25, 0.3) is 5.91 Å². The second kappa shape index (κ2) is 8.42. The number of aromatic nitrogens is 1. The number of hydrogen-bond acceptors (Lipinski definition) is 4. The summed E-state index contributed by atoms with van der Waals surface area (Å²) in [6.45, 7) is 10.1. The number of rotatable bonds is 7. The van der Waals surface area contributed by atoms with Crippen molar-refractivity contribution in [3.8, 4) is 0 Å². The normalized spacial score (nSPS) is 20.0. The van der Waals surface area contributed by atoms with E-state index in [9.17, 15) is 4.79 Å². The molecule has 2 atom stereocenters. The average Bonchev–Trinajstić information content (AvgIpc) is 3.19. The summed E-state index contributed by atoms with van der Waals surface area (Å²) in [7, 11) is 1.71. The second-order valence-electron chi connectivity index (χ2n) is 7.29. The van der Waals surface area contributed by atoms with Crippen LogP contribution in [0.15, 0.2) is 18.2 Å². The van der Waals surface area contributed by atoms with E-state index in [1.807, 2.05) is 24.0 Å². The van der Waals surface area contributed by atoms with E-state index in [4.69, 9.17) is 15.2 Å².